The zero-order valence-corrected chi connectivity index (χ0v) is 9.24. The van der Waals surface area contributed by atoms with Crippen LogP contribution in [-0.4, -0.2) is 42.5 Å². The highest BCUT2D eigenvalue weighted by Crippen LogP contribution is 2.18. The highest BCUT2D eigenvalue weighted by atomic mass is 15.3. The summed E-state index contributed by atoms with van der Waals surface area (Å²) in [6.45, 7) is 5.84. The Bertz CT molecular complexity index is 255. The van der Waals surface area contributed by atoms with Gasteiger partial charge in [0, 0.05) is 31.4 Å². The van der Waals surface area contributed by atoms with Gasteiger partial charge in [0.2, 0.25) is 0 Å². The van der Waals surface area contributed by atoms with Gasteiger partial charge < -0.3 is 9.80 Å². The third kappa shape index (κ3) is 2.01. The quantitative estimate of drug-likeness (QED) is 0.625. The lowest BCUT2D eigenvalue weighted by Crippen LogP contribution is -2.49. The Labute approximate surface area is 86.9 Å². The van der Waals surface area contributed by atoms with E-state index in [9.17, 15) is 0 Å². The molecule has 0 radical (unpaired) electrons. The Morgan fingerprint density at radius 2 is 2.14 bits per heavy atom. The van der Waals surface area contributed by atoms with Crippen molar-refractivity contribution in [1.29, 1.82) is 0 Å². The van der Waals surface area contributed by atoms with Crippen LogP contribution >= 0.6 is 0 Å². The van der Waals surface area contributed by atoms with Gasteiger partial charge in [-0.15, -0.1) is 0 Å². The fraction of sp³-hybridized carbons (Fsp3) is 0.667. The van der Waals surface area contributed by atoms with Crippen molar-refractivity contribution in [2.24, 2.45) is 0 Å². The first-order chi connectivity index (χ1) is 6.77. The second-order valence-corrected chi connectivity index (χ2v) is 4.38. The molecule has 1 saturated heterocycles. The molecule has 1 unspecified atom stereocenters. The molecule has 0 N–H and O–H groups in total. The molecule has 0 bridgehead atoms. The summed E-state index contributed by atoms with van der Waals surface area (Å²) < 4.78 is 0. The molecular weight excluding hydrogens is 172 g/mol. The maximum atomic E-state index is 2.51. The van der Waals surface area contributed by atoms with E-state index in [-0.39, 0.29) is 0 Å². The number of hydrogen-bond donors (Lipinski definition) is 0. The van der Waals surface area contributed by atoms with E-state index >= 15 is 0 Å². The molecule has 0 saturated carbocycles. The lowest BCUT2D eigenvalue weighted by atomic mass is 10.1. The van der Waals surface area contributed by atoms with Gasteiger partial charge in [-0.1, -0.05) is 12.2 Å². The first kappa shape index (κ1) is 9.78. The van der Waals surface area contributed by atoms with E-state index in [0.717, 1.165) is 0 Å². The fourth-order valence-corrected chi connectivity index (χ4v) is 2.12. The average molecular weight is 192 g/mol. The van der Waals surface area contributed by atoms with Crippen LogP contribution in [0.15, 0.2) is 23.9 Å². The van der Waals surface area contributed by atoms with Gasteiger partial charge in [0.05, 0.1) is 0 Å². The van der Waals surface area contributed by atoms with Crippen molar-refractivity contribution in [1.82, 2.24) is 9.80 Å². The molecular formula is C12H20N2. The monoisotopic (exact) mass is 192 g/mol. The largest absolute Gasteiger partial charge is 0.369 e. The van der Waals surface area contributed by atoms with Crippen molar-refractivity contribution in [2.75, 3.05) is 26.7 Å². The van der Waals surface area contributed by atoms with Crippen molar-refractivity contribution >= 4 is 0 Å². The lowest BCUT2D eigenvalue weighted by molar-refractivity contribution is 0.132. The van der Waals surface area contributed by atoms with Crippen LogP contribution in [0.3, 0.4) is 0 Å². The molecule has 2 nitrogen and oxygen atoms in total. The molecule has 0 aromatic rings. The molecule has 1 atom stereocenters. The van der Waals surface area contributed by atoms with Crippen molar-refractivity contribution in [3.05, 3.63) is 23.9 Å². The van der Waals surface area contributed by atoms with E-state index in [1.54, 1.807) is 0 Å². The Hall–Kier alpha value is -0.760. The predicted molar refractivity (Wildman–Crippen MR) is 60.1 cm³/mol. The van der Waals surface area contributed by atoms with Crippen LogP contribution in [0.4, 0.5) is 0 Å². The minimum atomic E-state index is 0.681. The molecule has 14 heavy (non-hydrogen) atoms. The van der Waals surface area contributed by atoms with Crippen LogP contribution in [0, 0.1) is 0 Å². The van der Waals surface area contributed by atoms with E-state index in [2.05, 4.69) is 42.0 Å². The topological polar surface area (TPSA) is 6.48 Å². The average Bonchev–Trinajstić information content (AvgIpc) is 2.23. The third-order valence-corrected chi connectivity index (χ3v) is 3.30. The molecule has 0 amide bonds. The van der Waals surface area contributed by atoms with Gasteiger partial charge in [0.1, 0.15) is 0 Å². The van der Waals surface area contributed by atoms with Gasteiger partial charge in [-0.05, 0) is 32.9 Å². The molecule has 1 fully saturated rings. The molecule has 1 aliphatic carbocycles. The number of nitrogens with zero attached hydrogens (tertiary/aromatic N) is 2. The highest BCUT2D eigenvalue weighted by molar-refractivity contribution is 5.21. The number of piperazine rings is 1. The van der Waals surface area contributed by atoms with E-state index in [1.807, 2.05) is 0 Å². The molecule has 0 aromatic heterocycles. The first-order valence-corrected chi connectivity index (χ1v) is 5.59. The summed E-state index contributed by atoms with van der Waals surface area (Å²) in [6.07, 6.45) is 9.37. The summed E-state index contributed by atoms with van der Waals surface area (Å²) in [5.41, 5.74) is 1.44. The Kier molecular flexibility index (Phi) is 2.92. The maximum absolute atomic E-state index is 2.51. The van der Waals surface area contributed by atoms with Crippen molar-refractivity contribution in [2.45, 2.75) is 25.8 Å². The van der Waals surface area contributed by atoms with Gasteiger partial charge in [0.25, 0.3) is 0 Å². The first-order valence-electron chi connectivity index (χ1n) is 5.59. The van der Waals surface area contributed by atoms with Crippen molar-refractivity contribution < 1.29 is 0 Å². The number of rotatable bonds is 1. The van der Waals surface area contributed by atoms with E-state index in [4.69, 9.17) is 0 Å². The van der Waals surface area contributed by atoms with Gasteiger partial charge >= 0.3 is 0 Å². The second-order valence-electron chi connectivity index (χ2n) is 4.38. The minimum Gasteiger partial charge on any atom is -0.369 e. The SMILES string of the molecule is CC1CN(C2=CCCC=C2)CCN1C. The second kappa shape index (κ2) is 4.18. The summed E-state index contributed by atoms with van der Waals surface area (Å²) in [6, 6.07) is 0.681. The molecule has 0 aromatic carbocycles. The summed E-state index contributed by atoms with van der Waals surface area (Å²) in [5.74, 6) is 0. The molecule has 2 heteroatoms. The zero-order valence-electron chi connectivity index (χ0n) is 9.24. The number of allylic oxidation sites excluding steroid dienone is 3. The highest BCUT2D eigenvalue weighted by Gasteiger charge is 2.21. The molecule has 1 heterocycles. The normalized spacial score (nSPS) is 29.1. The van der Waals surface area contributed by atoms with Crippen LogP contribution < -0.4 is 0 Å². The predicted octanol–water partition coefficient (Wildman–Crippen LogP) is 1.86. The molecule has 0 spiro atoms. The third-order valence-electron chi connectivity index (χ3n) is 3.30. The molecule has 78 valence electrons. The number of likely N-dealkylation sites (N-methyl/N-ethyl adjacent to an activating group) is 1. The molecule has 2 aliphatic rings. The van der Waals surface area contributed by atoms with Crippen LogP contribution in [0.5, 0.6) is 0 Å². The zero-order chi connectivity index (χ0) is 9.97. The van der Waals surface area contributed by atoms with Gasteiger partial charge in [-0.2, -0.15) is 0 Å². The Balaban J connectivity index is 1.99. The smallest absolute Gasteiger partial charge is 0.0331 e. The summed E-state index contributed by atoms with van der Waals surface area (Å²) in [7, 11) is 2.22. The van der Waals surface area contributed by atoms with E-state index < -0.39 is 0 Å². The van der Waals surface area contributed by atoms with Gasteiger partial charge in [-0.3, -0.25) is 0 Å². The van der Waals surface area contributed by atoms with Crippen LogP contribution in [0.25, 0.3) is 0 Å². The Morgan fingerprint density at radius 3 is 2.79 bits per heavy atom. The van der Waals surface area contributed by atoms with Gasteiger partial charge in [-0.25, -0.2) is 0 Å². The van der Waals surface area contributed by atoms with Crippen molar-refractivity contribution in [3.8, 4) is 0 Å². The van der Waals surface area contributed by atoms with Crippen molar-refractivity contribution in [3.63, 3.8) is 0 Å². The van der Waals surface area contributed by atoms with Crippen LogP contribution in [0.1, 0.15) is 19.8 Å². The summed E-state index contributed by atoms with van der Waals surface area (Å²) in [5, 5.41) is 0. The van der Waals surface area contributed by atoms with E-state index in [0.29, 0.717) is 6.04 Å². The fourth-order valence-electron chi connectivity index (χ4n) is 2.12. The Morgan fingerprint density at radius 1 is 1.29 bits per heavy atom. The summed E-state index contributed by atoms with van der Waals surface area (Å²) in [4.78, 5) is 4.95. The van der Waals surface area contributed by atoms with Crippen LogP contribution in [-0.2, 0) is 0 Å². The van der Waals surface area contributed by atoms with Crippen LogP contribution in [0.2, 0.25) is 0 Å². The summed E-state index contributed by atoms with van der Waals surface area (Å²) >= 11 is 0. The molecule has 2 rings (SSSR count). The minimum absolute atomic E-state index is 0.681. The lowest BCUT2D eigenvalue weighted by Gasteiger charge is -2.39. The van der Waals surface area contributed by atoms with Gasteiger partial charge in [0.15, 0.2) is 0 Å². The molecule has 1 aliphatic heterocycles. The van der Waals surface area contributed by atoms with E-state index in [1.165, 1.54) is 38.2 Å². The number of hydrogen-bond acceptors (Lipinski definition) is 2. The standard InChI is InChI=1S/C12H20N2/c1-11-10-14(9-8-13(11)2)12-6-4-3-5-7-12/h4,6-7,11H,3,5,8-10H2,1-2H3. The maximum Gasteiger partial charge on any atom is 0.0331 e.